The third-order valence-corrected chi connectivity index (χ3v) is 17.7. The van der Waals surface area contributed by atoms with Gasteiger partial charge in [0.25, 0.3) is 0 Å². The molecule has 0 saturated heterocycles. The van der Waals surface area contributed by atoms with Crippen LogP contribution >= 0.6 is 11.8 Å². The van der Waals surface area contributed by atoms with E-state index in [0.29, 0.717) is 0 Å². The molecule has 0 aliphatic rings. The van der Waals surface area contributed by atoms with Crippen molar-refractivity contribution in [2.24, 2.45) is 0 Å². The third-order valence-electron chi connectivity index (χ3n) is 5.12. The highest BCUT2D eigenvalue weighted by atomic mass is 32.2. The molecule has 0 N–H and O–H groups in total. The SMILES string of the molecule is CCCCO[Si](CC)(CC)CSC[Si](CC)(CC)OCCCC. The summed E-state index contributed by atoms with van der Waals surface area (Å²) in [4.78, 5) is 0. The molecule has 0 aromatic heterocycles. The Labute approximate surface area is 152 Å². The predicted octanol–water partition coefficient (Wildman–Crippen LogP) is 6.40. The van der Waals surface area contributed by atoms with Crippen molar-refractivity contribution in [1.82, 2.24) is 0 Å². The van der Waals surface area contributed by atoms with Crippen molar-refractivity contribution in [1.29, 1.82) is 0 Å². The molecule has 0 amide bonds. The summed E-state index contributed by atoms with van der Waals surface area (Å²) in [6, 6.07) is 5.01. The van der Waals surface area contributed by atoms with Crippen LogP contribution in [0.3, 0.4) is 0 Å². The Morgan fingerprint density at radius 2 is 0.957 bits per heavy atom. The van der Waals surface area contributed by atoms with Crippen LogP contribution in [0.15, 0.2) is 0 Å². The molecule has 0 rings (SSSR count). The highest BCUT2D eigenvalue weighted by molar-refractivity contribution is 8.02. The Morgan fingerprint density at radius 1 is 0.609 bits per heavy atom. The predicted molar refractivity (Wildman–Crippen MR) is 112 cm³/mol. The minimum atomic E-state index is -1.51. The van der Waals surface area contributed by atoms with Crippen LogP contribution in [0.2, 0.25) is 24.2 Å². The molecule has 0 fully saturated rings. The average molecular weight is 379 g/mol. The van der Waals surface area contributed by atoms with E-state index in [1.165, 1.54) is 60.6 Å². The van der Waals surface area contributed by atoms with Gasteiger partial charge in [0.05, 0.1) is 0 Å². The third kappa shape index (κ3) is 9.10. The molecule has 0 aliphatic heterocycles. The van der Waals surface area contributed by atoms with Crippen LogP contribution in [-0.4, -0.2) is 40.6 Å². The van der Waals surface area contributed by atoms with Crippen molar-refractivity contribution in [2.75, 3.05) is 24.0 Å². The van der Waals surface area contributed by atoms with E-state index in [-0.39, 0.29) is 0 Å². The van der Waals surface area contributed by atoms with Crippen LogP contribution in [-0.2, 0) is 8.85 Å². The maximum Gasteiger partial charge on any atom is 0.201 e. The molecule has 0 aromatic rings. The number of hydrogen-bond acceptors (Lipinski definition) is 3. The lowest BCUT2D eigenvalue weighted by Gasteiger charge is -2.33. The van der Waals surface area contributed by atoms with E-state index in [9.17, 15) is 0 Å². The molecule has 0 heterocycles. The quantitative estimate of drug-likeness (QED) is 0.228. The molecular weight excluding hydrogens is 336 g/mol. The van der Waals surface area contributed by atoms with Gasteiger partial charge in [-0.25, -0.2) is 0 Å². The van der Waals surface area contributed by atoms with Crippen LogP contribution in [0.4, 0.5) is 0 Å². The van der Waals surface area contributed by atoms with Crippen molar-refractivity contribution in [2.45, 2.75) is 91.4 Å². The van der Waals surface area contributed by atoms with Crippen LogP contribution in [0, 0.1) is 0 Å². The Balaban J connectivity index is 4.50. The summed E-state index contributed by atoms with van der Waals surface area (Å²) in [7, 11) is -3.03. The molecule has 0 aromatic carbocycles. The van der Waals surface area contributed by atoms with Gasteiger partial charge in [-0.1, -0.05) is 54.4 Å². The van der Waals surface area contributed by atoms with E-state index in [1.54, 1.807) is 0 Å². The standard InChI is InChI=1S/C18H42O2SSi2/c1-7-13-15-19-22(9-3,10-4)17-21-18-23(11-5,12-6)20-16-14-8-2/h7-18H2,1-6H3. The number of unbranched alkanes of at least 4 members (excludes halogenated alkanes) is 2. The molecule has 23 heavy (non-hydrogen) atoms. The van der Waals surface area contributed by atoms with Crippen LogP contribution in [0.1, 0.15) is 67.2 Å². The Morgan fingerprint density at radius 3 is 1.22 bits per heavy atom. The second-order valence-electron chi connectivity index (χ2n) is 6.68. The molecule has 0 bridgehead atoms. The molecule has 0 saturated carbocycles. The van der Waals surface area contributed by atoms with E-state index >= 15 is 0 Å². The van der Waals surface area contributed by atoms with Crippen LogP contribution in [0.5, 0.6) is 0 Å². The normalized spacial score (nSPS) is 12.8. The monoisotopic (exact) mass is 378 g/mol. The lowest BCUT2D eigenvalue weighted by molar-refractivity contribution is 0.294. The zero-order chi connectivity index (χ0) is 17.6. The molecule has 140 valence electrons. The summed E-state index contributed by atoms with van der Waals surface area (Å²) in [5, 5.41) is 2.52. The smallest absolute Gasteiger partial charge is 0.201 e. The molecule has 0 aliphatic carbocycles. The van der Waals surface area contributed by atoms with Crippen molar-refractivity contribution >= 4 is 28.4 Å². The Bertz CT molecular complexity index is 244. The van der Waals surface area contributed by atoms with Gasteiger partial charge in [0.15, 0.2) is 0 Å². The lowest BCUT2D eigenvalue weighted by atomic mass is 10.4. The molecule has 0 atom stereocenters. The second kappa shape index (κ2) is 13.9. The topological polar surface area (TPSA) is 18.5 Å². The van der Waals surface area contributed by atoms with E-state index in [0.717, 1.165) is 13.2 Å². The van der Waals surface area contributed by atoms with E-state index in [1.807, 2.05) is 0 Å². The minimum Gasteiger partial charge on any atom is -0.416 e. The number of thioether (sulfide) groups is 1. The molecule has 5 heteroatoms. The van der Waals surface area contributed by atoms with Gasteiger partial charge >= 0.3 is 0 Å². The summed E-state index contributed by atoms with van der Waals surface area (Å²) in [5.74, 6) is 0. The average Bonchev–Trinajstić information content (AvgIpc) is 2.59. The van der Waals surface area contributed by atoms with Crippen molar-refractivity contribution < 1.29 is 8.85 Å². The van der Waals surface area contributed by atoms with Gasteiger partial charge in [-0.3, -0.25) is 0 Å². The maximum atomic E-state index is 6.44. The van der Waals surface area contributed by atoms with Gasteiger partial charge in [0.1, 0.15) is 0 Å². The van der Waals surface area contributed by atoms with Crippen LogP contribution < -0.4 is 0 Å². The van der Waals surface area contributed by atoms with Crippen molar-refractivity contribution in [3.8, 4) is 0 Å². The fraction of sp³-hybridized carbons (Fsp3) is 1.00. The van der Waals surface area contributed by atoms with Gasteiger partial charge < -0.3 is 8.85 Å². The molecule has 2 nitrogen and oxygen atoms in total. The Kier molecular flexibility index (Phi) is 14.4. The molecule has 0 spiro atoms. The van der Waals surface area contributed by atoms with Crippen molar-refractivity contribution in [3.63, 3.8) is 0 Å². The first kappa shape index (κ1) is 23.7. The highest BCUT2D eigenvalue weighted by Gasteiger charge is 2.35. The fourth-order valence-electron chi connectivity index (χ4n) is 2.69. The first-order valence-corrected chi connectivity index (χ1v) is 16.1. The zero-order valence-corrected chi connectivity index (χ0v) is 19.5. The van der Waals surface area contributed by atoms with Gasteiger partial charge in [-0.15, -0.1) is 0 Å². The van der Waals surface area contributed by atoms with E-state index < -0.39 is 16.6 Å². The summed E-state index contributed by atoms with van der Waals surface area (Å²) >= 11 is 2.16. The fourth-order valence-corrected chi connectivity index (χ4v) is 13.9. The van der Waals surface area contributed by atoms with Crippen LogP contribution in [0.25, 0.3) is 0 Å². The van der Waals surface area contributed by atoms with Gasteiger partial charge in [0.2, 0.25) is 16.6 Å². The largest absolute Gasteiger partial charge is 0.416 e. The summed E-state index contributed by atoms with van der Waals surface area (Å²) in [6.45, 7) is 15.8. The van der Waals surface area contributed by atoms with Gasteiger partial charge in [-0.05, 0) is 37.0 Å². The summed E-state index contributed by atoms with van der Waals surface area (Å²) in [5.41, 5.74) is 0. The maximum absolute atomic E-state index is 6.44. The number of hydrogen-bond donors (Lipinski definition) is 0. The van der Waals surface area contributed by atoms with Crippen molar-refractivity contribution in [3.05, 3.63) is 0 Å². The molecular formula is C18H42O2SSi2. The first-order chi connectivity index (χ1) is 11.1. The summed E-state index contributed by atoms with van der Waals surface area (Å²) in [6.07, 6.45) is 4.89. The minimum absolute atomic E-state index is 0.974. The zero-order valence-electron chi connectivity index (χ0n) is 16.7. The Hall–Kier alpha value is 0.704. The van der Waals surface area contributed by atoms with E-state index in [2.05, 4.69) is 53.3 Å². The highest BCUT2D eigenvalue weighted by Crippen LogP contribution is 2.28. The second-order valence-corrected chi connectivity index (χ2v) is 17.5. The number of rotatable bonds is 16. The molecule has 0 radical (unpaired) electrons. The summed E-state index contributed by atoms with van der Waals surface area (Å²) < 4.78 is 12.9. The van der Waals surface area contributed by atoms with E-state index in [4.69, 9.17) is 8.85 Å². The van der Waals surface area contributed by atoms with Gasteiger partial charge in [-0.2, -0.15) is 11.8 Å². The molecule has 0 unspecified atom stereocenters. The first-order valence-electron chi connectivity index (χ1n) is 9.93. The lowest BCUT2D eigenvalue weighted by Crippen LogP contribution is -2.44. The van der Waals surface area contributed by atoms with Gasteiger partial charge in [0, 0.05) is 24.0 Å².